The van der Waals surface area contributed by atoms with Crippen LogP contribution in [-0.2, 0) is 6.42 Å². The molecule has 0 spiro atoms. The van der Waals surface area contributed by atoms with Crippen molar-refractivity contribution in [2.45, 2.75) is 39.7 Å². The van der Waals surface area contributed by atoms with Crippen LogP contribution in [0.1, 0.15) is 43.6 Å². The second kappa shape index (κ2) is 5.52. The van der Waals surface area contributed by atoms with Gasteiger partial charge in [-0.3, -0.25) is 9.80 Å². The van der Waals surface area contributed by atoms with E-state index < -0.39 is 0 Å². The number of nitrogens with one attached hydrogen (secondary N) is 1. The number of hydrazine groups is 1. The van der Waals surface area contributed by atoms with E-state index in [-0.39, 0.29) is 11.4 Å². The highest BCUT2D eigenvalue weighted by Gasteiger charge is 2.28. The van der Waals surface area contributed by atoms with Crippen LogP contribution in [-0.4, -0.2) is 16.5 Å². The van der Waals surface area contributed by atoms with Crippen molar-refractivity contribution < 1.29 is 4.79 Å². The molecule has 3 nitrogen and oxygen atoms in total. The first-order valence-electron chi connectivity index (χ1n) is 5.70. The quantitative estimate of drug-likeness (QED) is 0.664. The Hall–Kier alpha value is -1.06. The summed E-state index contributed by atoms with van der Waals surface area (Å²) in [7, 11) is 0. The average Bonchev–Trinajstić information content (AvgIpc) is 2.27. The van der Waals surface area contributed by atoms with E-state index in [1.54, 1.807) is 0 Å². The fourth-order valence-electron chi connectivity index (χ4n) is 1.63. The van der Waals surface area contributed by atoms with Gasteiger partial charge in [0.2, 0.25) is 0 Å². The van der Waals surface area contributed by atoms with Gasteiger partial charge in [-0.25, -0.2) is 0 Å². The number of rotatable bonds is 3. The van der Waals surface area contributed by atoms with Crippen molar-refractivity contribution in [3.05, 3.63) is 35.4 Å². The van der Waals surface area contributed by atoms with Crippen LogP contribution in [0, 0.1) is 0 Å². The molecule has 0 radical (unpaired) electrons. The molecule has 1 aromatic rings. The first-order valence-corrected chi connectivity index (χ1v) is 6.08. The molecule has 0 fully saturated rings. The Labute approximate surface area is 108 Å². The molecule has 0 atom stereocenters. The average molecular weight is 255 g/mol. The maximum Gasteiger partial charge on any atom is 0.269 e. The molecule has 0 saturated heterocycles. The van der Waals surface area contributed by atoms with E-state index in [0.717, 1.165) is 12.0 Å². The molecule has 0 aliphatic heterocycles. The van der Waals surface area contributed by atoms with E-state index in [4.69, 9.17) is 11.8 Å². The number of nitrogens with zero attached hydrogens (tertiary/aromatic N) is 1. The van der Waals surface area contributed by atoms with E-state index >= 15 is 0 Å². The summed E-state index contributed by atoms with van der Waals surface area (Å²) < 4.78 is 0. The van der Waals surface area contributed by atoms with Crippen LogP contribution in [0.15, 0.2) is 24.3 Å². The summed E-state index contributed by atoms with van der Waals surface area (Å²) in [4.78, 5) is 14.8. The van der Waals surface area contributed by atoms with Crippen molar-refractivity contribution >= 4 is 17.7 Å². The molecule has 0 heterocycles. The van der Waals surface area contributed by atoms with Gasteiger partial charge in [0.15, 0.2) is 0 Å². The van der Waals surface area contributed by atoms with Crippen LogP contribution in [0.3, 0.4) is 0 Å². The van der Waals surface area contributed by atoms with Gasteiger partial charge in [0.25, 0.3) is 5.91 Å². The summed E-state index contributed by atoms with van der Waals surface area (Å²) in [5.41, 5.74) is 1.34. The van der Waals surface area contributed by atoms with Gasteiger partial charge >= 0.3 is 0 Å². The highest BCUT2D eigenvalue weighted by Crippen LogP contribution is 2.18. The zero-order chi connectivity index (χ0) is 13.1. The second-order valence-corrected chi connectivity index (χ2v) is 5.08. The van der Waals surface area contributed by atoms with Gasteiger partial charge in [-0.15, -0.1) is 4.94 Å². The maximum atomic E-state index is 12.4. The lowest BCUT2D eigenvalue weighted by Gasteiger charge is -2.33. The third-order valence-electron chi connectivity index (χ3n) is 2.59. The fraction of sp³-hybridized carbons (Fsp3) is 0.462. The summed E-state index contributed by atoms with van der Waals surface area (Å²) in [5, 5.41) is 1.43. The largest absolute Gasteiger partial charge is 0.269 e. The summed E-state index contributed by atoms with van der Waals surface area (Å²) in [6.45, 7) is 7.81. The van der Waals surface area contributed by atoms with Crippen molar-refractivity contribution in [2.75, 3.05) is 0 Å². The molecule has 94 valence electrons. The summed E-state index contributed by atoms with van der Waals surface area (Å²) in [6, 6.07) is 7.59. The van der Waals surface area contributed by atoms with Crippen molar-refractivity contribution in [1.82, 2.24) is 9.95 Å². The summed E-state index contributed by atoms with van der Waals surface area (Å²) in [5.74, 6) is -0.107. The van der Waals surface area contributed by atoms with Crippen molar-refractivity contribution in [2.24, 2.45) is 0 Å². The van der Waals surface area contributed by atoms with E-state index in [9.17, 15) is 4.79 Å². The Morgan fingerprint density at radius 3 is 2.41 bits per heavy atom. The molecule has 0 aromatic heterocycles. The Morgan fingerprint density at radius 2 is 1.94 bits per heavy atom. The van der Waals surface area contributed by atoms with E-state index in [2.05, 4.69) is 4.94 Å². The SMILES string of the molecule is CCc1ccccc1C(=O)N(NCl)C(C)(C)C. The van der Waals surface area contributed by atoms with Crippen molar-refractivity contribution in [3.8, 4) is 0 Å². The minimum absolute atomic E-state index is 0.107. The molecule has 4 heteroatoms. The van der Waals surface area contributed by atoms with Gasteiger partial charge in [-0.2, -0.15) is 0 Å². The Kier molecular flexibility index (Phi) is 4.54. The molecule has 0 aliphatic rings. The highest BCUT2D eigenvalue weighted by molar-refractivity contribution is 6.14. The number of amides is 1. The van der Waals surface area contributed by atoms with Gasteiger partial charge in [0.1, 0.15) is 0 Å². The van der Waals surface area contributed by atoms with Crippen LogP contribution < -0.4 is 4.94 Å². The lowest BCUT2D eigenvalue weighted by Crippen LogP contribution is -2.50. The highest BCUT2D eigenvalue weighted by atomic mass is 35.5. The standard InChI is InChI=1S/C13H19ClN2O/c1-5-10-8-6-7-9-11(10)12(17)16(15-14)13(2,3)4/h6-9,15H,5H2,1-4H3. The van der Waals surface area contributed by atoms with Gasteiger partial charge < -0.3 is 0 Å². The smallest absolute Gasteiger partial charge is 0.268 e. The molecule has 0 unspecified atom stereocenters. The van der Waals surface area contributed by atoms with Crippen LogP contribution >= 0.6 is 11.8 Å². The predicted octanol–water partition coefficient (Wildman–Crippen LogP) is 3.15. The minimum atomic E-state index is -0.375. The molecule has 0 bridgehead atoms. The van der Waals surface area contributed by atoms with Gasteiger partial charge in [0, 0.05) is 5.56 Å². The number of carbonyl (C=O) groups excluding carboxylic acids is 1. The van der Waals surface area contributed by atoms with Gasteiger partial charge in [0.05, 0.1) is 5.54 Å². The van der Waals surface area contributed by atoms with Crippen LogP contribution in [0.25, 0.3) is 0 Å². The maximum absolute atomic E-state index is 12.4. The van der Waals surface area contributed by atoms with E-state index in [0.29, 0.717) is 5.56 Å². The zero-order valence-electron chi connectivity index (χ0n) is 10.7. The molecule has 0 saturated carbocycles. The predicted molar refractivity (Wildman–Crippen MR) is 70.7 cm³/mol. The molecular weight excluding hydrogens is 236 g/mol. The van der Waals surface area contributed by atoms with Crippen LogP contribution in [0.4, 0.5) is 0 Å². The van der Waals surface area contributed by atoms with Crippen LogP contribution in [0.2, 0.25) is 0 Å². The first-order chi connectivity index (χ1) is 7.91. The molecule has 0 aliphatic carbocycles. The Bertz CT molecular complexity index is 399. The number of benzene rings is 1. The normalized spacial score (nSPS) is 11.4. The molecule has 1 N–H and O–H groups in total. The number of halogens is 1. The van der Waals surface area contributed by atoms with E-state index in [1.807, 2.05) is 52.0 Å². The minimum Gasteiger partial charge on any atom is -0.268 e. The molecular formula is C13H19ClN2O. The van der Waals surface area contributed by atoms with Crippen LogP contribution in [0.5, 0.6) is 0 Å². The molecule has 1 aromatic carbocycles. The number of hydrogen-bond donors (Lipinski definition) is 1. The topological polar surface area (TPSA) is 32.3 Å². The van der Waals surface area contributed by atoms with E-state index in [1.165, 1.54) is 5.01 Å². The monoisotopic (exact) mass is 254 g/mol. The zero-order valence-corrected chi connectivity index (χ0v) is 11.5. The third kappa shape index (κ3) is 3.20. The number of carbonyl (C=O) groups is 1. The number of hydrogen-bond acceptors (Lipinski definition) is 2. The van der Waals surface area contributed by atoms with Crippen molar-refractivity contribution in [1.29, 1.82) is 0 Å². The lowest BCUT2D eigenvalue weighted by molar-refractivity contribution is 0.0514. The fourth-order valence-corrected chi connectivity index (χ4v) is 1.96. The first kappa shape index (κ1) is 14.0. The van der Waals surface area contributed by atoms with Crippen molar-refractivity contribution in [3.63, 3.8) is 0 Å². The Morgan fingerprint density at radius 1 is 1.35 bits per heavy atom. The second-order valence-electron chi connectivity index (χ2n) is 4.91. The molecule has 1 rings (SSSR count). The summed E-state index contributed by atoms with van der Waals surface area (Å²) in [6.07, 6.45) is 0.822. The lowest BCUT2D eigenvalue weighted by atomic mass is 10.0. The Balaban J connectivity index is 3.11. The molecule has 17 heavy (non-hydrogen) atoms. The number of aryl methyl sites for hydroxylation is 1. The third-order valence-corrected chi connectivity index (χ3v) is 2.76. The van der Waals surface area contributed by atoms with Gasteiger partial charge in [-0.05, 0) is 50.6 Å². The van der Waals surface area contributed by atoms with Gasteiger partial charge in [-0.1, -0.05) is 25.1 Å². The summed E-state index contributed by atoms with van der Waals surface area (Å²) >= 11 is 5.65. The molecule has 1 amide bonds.